The van der Waals surface area contributed by atoms with Crippen molar-refractivity contribution in [1.29, 1.82) is 0 Å². The molecule has 0 fully saturated rings. The molecule has 0 aliphatic carbocycles. The van der Waals surface area contributed by atoms with Crippen LogP contribution in [0.5, 0.6) is 5.75 Å². The molecule has 1 unspecified atom stereocenters. The standard InChI is InChI=1S/C14H22N2O2/c1-2-13(11-6-8-12(17)9-7-11)16-10-4-3-5-14(15)18/h6-9,13,16-17H,2-5,10H2,1H3,(H2,15,18). The first-order valence-electron chi connectivity index (χ1n) is 6.44. The van der Waals surface area contributed by atoms with Crippen molar-refractivity contribution in [2.24, 2.45) is 5.73 Å². The van der Waals surface area contributed by atoms with Gasteiger partial charge in [0.1, 0.15) is 5.75 Å². The summed E-state index contributed by atoms with van der Waals surface area (Å²) in [6.07, 6.45) is 3.21. The Kier molecular flexibility index (Phi) is 6.22. The number of carbonyl (C=O) groups excluding carboxylic acids is 1. The van der Waals surface area contributed by atoms with Gasteiger partial charge in [0.2, 0.25) is 5.91 Å². The number of nitrogens with one attached hydrogen (secondary N) is 1. The molecule has 1 aromatic rings. The molecule has 0 aliphatic rings. The lowest BCUT2D eigenvalue weighted by molar-refractivity contribution is -0.118. The first kappa shape index (κ1) is 14.5. The number of carbonyl (C=O) groups is 1. The molecule has 100 valence electrons. The predicted molar refractivity (Wildman–Crippen MR) is 72.2 cm³/mol. The molecular weight excluding hydrogens is 228 g/mol. The number of rotatable bonds is 8. The first-order chi connectivity index (χ1) is 8.63. The second kappa shape index (κ2) is 7.71. The highest BCUT2D eigenvalue weighted by Gasteiger charge is 2.07. The van der Waals surface area contributed by atoms with Crippen molar-refractivity contribution >= 4 is 5.91 Å². The van der Waals surface area contributed by atoms with Crippen molar-refractivity contribution < 1.29 is 9.90 Å². The molecule has 1 atom stereocenters. The van der Waals surface area contributed by atoms with E-state index in [9.17, 15) is 9.90 Å². The van der Waals surface area contributed by atoms with E-state index in [-0.39, 0.29) is 11.7 Å². The zero-order valence-corrected chi connectivity index (χ0v) is 10.9. The van der Waals surface area contributed by atoms with E-state index in [1.807, 2.05) is 12.1 Å². The Morgan fingerprint density at radius 1 is 1.33 bits per heavy atom. The van der Waals surface area contributed by atoms with Crippen LogP contribution in [0.3, 0.4) is 0 Å². The van der Waals surface area contributed by atoms with Gasteiger partial charge in [-0.05, 0) is 43.5 Å². The van der Waals surface area contributed by atoms with E-state index < -0.39 is 0 Å². The number of benzene rings is 1. The Labute approximate surface area is 108 Å². The lowest BCUT2D eigenvalue weighted by Crippen LogP contribution is -2.22. The predicted octanol–water partition coefficient (Wildman–Crippen LogP) is 2.09. The fraction of sp³-hybridized carbons (Fsp3) is 0.500. The lowest BCUT2D eigenvalue weighted by atomic mass is 10.0. The number of phenols is 1. The maximum absolute atomic E-state index is 10.6. The molecule has 0 saturated carbocycles. The van der Waals surface area contributed by atoms with Crippen LogP contribution in [0.15, 0.2) is 24.3 Å². The quantitative estimate of drug-likeness (QED) is 0.618. The smallest absolute Gasteiger partial charge is 0.217 e. The maximum Gasteiger partial charge on any atom is 0.217 e. The van der Waals surface area contributed by atoms with Gasteiger partial charge in [0.05, 0.1) is 0 Å². The summed E-state index contributed by atoms with van der Waals surface area (Å²) in [5, 5.41) is 12.7. The minimum absolute atomic E-state index is 0.236. The van der Waals surface area contributed by atoms with Crippen molar-refractivity contribution in [2.45, 2.75) is 38.6 Å². The van der Waals surface area contributed by atoms with Gasteiger partial charge in [0, 0.05) is 12.5 Å². The van der Waals surface area contributed by atoms with Crippen LogP contribution >= 0.6 is 0 Å². The molecule has 4 nitrogen and oxygen atoms in total. The normalized spacial score (nSPS) is 12.3. The fourth-order valence-corrected chi connectivity index (χ4v) is 1.91. The molecule has 1 aromatic carbocycles. The van der Waals surface area contributed by atoms with E-state index in [4.69, 9.17) is 5.73 Å². The number of nitrogens with two attached hydrogens (primary N) is 1. The summed E-state index contributed by atoms with van der Waals surface area (Å²) in [5.41, 5.74) is 6.25. The zero-order valence-electron chi connectivity index (χ0n) is 10.9. The van der Waals surface area contributed by atoms with Crippen LogP contribution in [-0.4, -0.2) is 17.6 Å². The topological polar surface area (TPSA) is 75.3 Å². The Hall–Kier alpha value is -1.55. The monoisotopic (exact) mass is 250 g/mol. The largest absolute Gasteiger partial charge is 0.508 e. The number of primary amides is 1. The molecule has 0 aromatic heterocycles. The van der Waals surface area contributed by atoms with Gasteiger partial charge in [0.25, 0.3) is 0 Å². The van der Waals surface area contributed by atoms with Crippen LogP contribution in [0.4, 0.5) is 0 Å². The number of amides is 1. The van der Waals surface area contributed by atoms with Crippen LogP contribution in [-0.2, 0) is 4.79 Å². The van der Waals surface area contributed by atoms with Crippen molar-refractivity contribution in [2.75, 3.05) is 6.54 Å². The summed E-state index contributed by atoms with van der Waals surface area (Å²) in [4.78, 5) is 10.6. The van der Waals surface area contributed by atoms with E-state index in [1.165, 1.54) is 5.56 Å². The highest BCUT2D eigenvalue weighted by molar-refractivity contribution is 5.73. The Morgan fingerprint density at radius 3 is 2.56 bits per heavy atom. The fourth-order valence-electron chi connectivity index (χ4n) is 1.91. The molecule has 0 radical (unpaired) electrons. The van der Waals surface area contributed by atoms with Gasteiger partial charge < -0.3 is 16.2 Å². The highest BCUT2D eigenvalue weighted by atomic mass is 16.3. The average Bonchev–Trinajstić information content (AvgIpc) is 2.35. The SMILES string of the molecule is CCC(NCCCCC(N)=O)c1ccc(O)cc1. The Morgan fingerprint density at radius 2 is 2.00 bits per heavy atom. The van der Waals surface area contributed by atoms with Crippen molar-refractivity contribution in [3.63, 3.8) is 0 Å². The number of hydrogen-bond donors (Lipinski definition) is 3. The van der Waals surface area contributed by atoms with E-state index in [0.717, 1.165) is 25.8 Å². The molecule has 1 rings (SSSR count). The van der Waals surface area contributed by atoms with Crippen molar-refractivity contribution in [3.05, 3.63) is 29.8 Å². The molecule has 0 bridgehead atoms. The summed E-state index contributed by atoms with van der Waals surface area (Å²) in [5.74, 6) is 0.0515. The summed E-state index contributed by atoms with van der Waals surface area (Å²) >= 11 is 0. The summed E-state index contributed by atoms with van der Waals surface area (Å²) in [6.45, 7) is 2.99. The van der Waals surface area contributed by atoms with Gasteiger partial charge in [-0.25, -0.2) is 0 Å². The van der Waals surface area contributed by atoms with Crippen LogP contribution in [0.1, 0.15) is 44.2 Å². The van der Waals surface area contributed by atoms with Crippen molar-refractivity contribution in [1.82, 2.24) is 5.32 Å². The van der Waals surface area contributed by atoms with Gasteiger partial charge in [0.15, 0.2) is 0 Å². The zero-order chi connectivity index (χ0) is 13.4. The van der Waals surface area contributed by atoms with Crippen LogP contribution in [0.25, 0.3) is 0 Å². The first-order valence-corrected chi connectivity index (χ1v) is 6.44. The van der Waals surface area contributed by atoms with Crippen LogP contribution in [0.2, 0.25) is 0 Å². The van der Waals surface area contributed by atoms with Crippen LogP contribution < -0.4 is 11.1 Å². The molecule has 4 N–H and O–H groups in total. The third kappa shape index (κ3) is 5.19. The van der Waals surface area contributed by atoms with Crippen molar-refractivity contribution in [3.8, 4) is 5.75 Å². The van der Waals surface area contributed by atoms with E-state index >= 15 is 0 Å². The molecule has 0 spiro atoms. The van der Waals surface area contributed by atoms with E-state index in [0.29, 0.717) is 12.5 Å². The summed E-state index contributed by atoms with van der Waals surface area (Å²) < 4.78 is 0. The van der Waals surface area contributed by atoms with Gasteiger partial charge in [-0.1, -0.05) is 19.1 Å². The van der Waals surface area contributed by atoms with Crippen LogP contribution in [0, 0.1) is 0 Å². The van der Waals surface area contributed by atoms with Gasteiger partial charge in [-0.2, -0.15) is 0 Å². The third-order valence-corrected chi connectivity index (χ3v) is 2.94. The highest BCUT2D eigenvalue weighted by Crippen LogP contribution is 2.19. The number of phenolic OH excluding ortho intramolecular Hbond substituents is 1. The Bertz CT molecular complexity index is 363. The average molecular weight is 250 g/mol. The maximum atomic E-state index is 10.6. The molecule has 0 saturated heterocycles. The van der Waals surface area contributed by atoms with E-state index in [2.05, 4.69) is 12.2 Å². The number of unbranched alkanes of at least 4 members (excludes halogenated alkanes) is 1. The van der Waals surface area contributed by atoms with E-state index in [1.54, 1.807) is 12.1 Å². The summed E-state index contributed by atoms with van der Waals surface area (Å²) in [7, 11) is 0. The number of hydrogen-bond acceptors (Lipinski definition) is 3. The van der Waals surface area contributed by atoms with Gasteiger partial charge >= 0.3 is 0 Å². The van der Waals surface area contributed by atoms with Gasteiger partial charge in [-0.15, -0.1) is 0 Å². The molecular formula is C14H22N2O2. The van der Waals surface area contributed by atoms with Gasteiger partial charge in [-0.3, -0.25) is 4.79 Å². The molecule has 0 aliphatic heterocycles. The number of aromatic hydroxyl groups is 1. The molecule has 18 heavy (non-hydrogen) atoms. The minimum atomic E-state index is -0.236. The second-order valence-corrected chi connectivity index (χ2v) is 4.43. The lowest BCUT2D eigenvalue weighted by Gasteiger charge is -2.17. The third-order valence-electron chi connectivity index (χ3n) is 2.94. The molecule has 4 heteroatoms. The molecule has 1 amide bonds. The molecule has 0 heterocycles. The Balaban J connectivity index is 2.33. The minimum Gasteiger partial charge on any atom is -0.508 e. The summed E-state index contributed by atoms with van der Waals surface area (Å²) in [6, 6.07) is 7.55. The second-order valence-electron chi connectivity index (χ2n) is 4.43.